The van der Waals surface area contributed by atoms with Crippen LogP contribution in [-0.2, 0) is 14.3 Å². The summed E-state index contributed by atoms with van der Waals surface area (Å²) in [4.78, 5) is 10.5. The van der Waals surface area contributed by atoms with Crippen LogP contribution in [0.4, 0.5) is 0 Å². The van der Waals surface area contributed by atoms with Gasteiger partial charge in [-0.2, -0.15) is 0 Å². The molecule has 0 aliphatic carbocycles. The van der Waals surface area contributed by atoms with Crippen LogP contribution in [0.1, 0.15) is 33.1 Å². The third-order valence-electron chi connectivity index (χ3n) is 3.03. The topological polar surface area (TPSA) is 35.5 Å². The summed E-state index contributed by atoms with van der Waals surface area (Å²) in [5.41, 5.74) is 0. The van der Waals surface area contributed by atoms with Gasteiger partial charge in [0.05, 0.1) is 13.2 Å². The number of carbonyl (C=O) groups is 1. The van der Waals surface area contributed by atoms with Crippen molar-refractivity contribution in [2.45, 2.75) is 39.4 Å². The number of rotatable bonds is 6. The van der Waals surface area contributed by atoms with Crippen molar-refractivity contribution in [2.75, 3.05) is 13.2 Å². The third-order valence-corrected chi connectivity index (χ3v) is 3.03. The summed E-state index contributed by atoms with van der Waals surface area (Å²) in [7, 11) is 0. The summed E-state index contributed by atoms with van der Waals surface area (Å²) in [6.07, 6.45) is 3.51. The van der Waals surface area contributed by atoms with Crippen molar-refractivity contribution in [1.29, 1.82) is 0 Å². The van der Waals surface area contributed by atoms with E-state index in [0.717, 1.165) is 19.1 Å². The predicted octanol–water partition coefficient (Wildman–Crippen LogP) is 2.00. The van der Waals surface area contributed by atoms with Gasteiger partial charge in [-0.05, 0) is 11.8 Å². The monoisotopic (exact) mass is 200 g/mol. The Bertz CT molecular complexity index is 164. The van der Waals surface area contributed by atoms with E-state index in [1.165, 1.54) is 0 Å². The molecule has 1 heterocycles. The van der Waals surface area contributed by atoms with Gasteiger partial charge >= 0.3 is 0 Å². The molecule has 1 fully saturated rings. The highest BCUT2D eigenvalue weighted by molar-refractivity contribution is 5.49. The molecule has 0 amide bonds. The second-order valence-electron chi connectivity index (χ2n) is 3.95. The van der Waals surface area contributed by atoms with Crippen molar-refractivity contribution in [1.82, 2.24) is 0 Å². The SMILES string of the molecule is CC[C@H](C)C(CC=O)CC1OCCO1. The first-order valence-electron chi connectivity index (χ1n) is 5.44. The Hall–Kier alpha value is -0.410. The van der Waals surface area contributed by atoms with Crippen LogP contribution < -0.4 is 0 Å². The Morgan fingerprint density at radius 2 is 2.07 bits per heavy atom. The fourth-order valence-corrected chi connectivity index (χ4v) is 1.81. The van der Waals surface area contributed by atoms with Gasteiger partial charge in [-0.25, -0.2) is 0 Å². The molecule has 1 aliphatic heterocycles. The molecule has 0 N–H and O–H groups in total. The second kappa shape index (κ2) is 6.14. The lowest BCUT2D eigenvalue weighted by Crippen LogP contribution is -2.20. The number of hydrogen-bond donors (Lipinski definition) is 0. The Morgan fingerprint density at radius 3 is 2.57 bits per heavy atom. The molecule has 0 aromatic carbocycles. The highest BCUT2D eigenvalue weighted by Gasteiger charge is 2.24. The van der Waals surface area contributed by atoms with E-state index in [9.17, 15) is 4.79 Å². The lowest BCUT2D eigenvalue weighted by molar-refractivity contribution is -0.110. The first kappa shape index (κ1) is 11.7. The van der Waals surface area contributed by atoms with E-state index in [1.54, 1.807) is 0 Å². The summed E-state index contributed by atoms with van der Waals surface area (Å²) in [5, 5.41) is 0. The van der Waals surface area contributed by atoms with Crippen LogP contribution in [0, 0.1) is 11.8 Å². The molecular weight excluding hydrogens is 180 g/mol. The molecule has 1 rings (SSSR count). The molecular formula is C11H20O3. The quantitative estimate of drug-likeness (QED) is 0.615. The fraction of sp³-hybridized carbons (Fsp3) is 0.909. The van der Waals surface area contributed by atoms with Gasteiger partial charge in [-0.15, -0.1) is 0 Å². The van der Waals surface area contributed by atoms with Crippen molar-refractivity contribution in [2.24, 2.45) is 11.8 Å². The maximum atomic E-state index is 10.5. The van der Waals surface area contributed by atoms with Crippen LogP contribution in [0.25, 0.3) is 0 Å². The summed E-state index contributed by atoms with van der Waals surface area (Å²) in [5.74, 6) is 0.966. The Morgan fingerprint density at radius 1 is 1.43 bits per heavy atom. The molecule has 0 bridgehead atoms. The first-order chi connectivity index (χ1) is 6.77. The van der Waals surface area contributed by atoms with Crippen molar-refractivity contribution >= 4 is 6.29 Å². The van der Waals surface area contributed by atoms with E-state index >= 15 is 0 Å². The van der Waals surface area contributed by atoms with Gasteiger partial charge in [-0.3, -0.25) is 0 Å². The van der Waals surface area contributed by atoms with E-state index in [1.807, 2.05) is 0 Å². The molecule has 1 saturated heterocycles. The predicted molar refractivity (Wildman–Crippen MR) is 53.9 cm³/mol. The Balaban J connectivity index is 2.36. The van der Waals surface area contributed by atoms with Gasteiger partial charge in [0, 0.05) is 12.8 Å². The minimum absolute atomic E-state index is 0.0750. The van der Waals surface area contributed by atoms with Crippen LogP contribution in [0.15, 0.2) is 0 Å². The van der Waals surface area contributed by atoms with Gasteiger partial charge in [0.2, 0.25) is 0 Å². The van der Waals surface area contributed by atoms with Crippen LogP contribution in [-0.4, -0.2) is 25.8 Å². The van der Waals surface area contributed by atoms with Crippen molar-refractivity contribution in [3.8, 4) is 0 Å². The van der Waals surface area contributed by atoms with E-state index < -0.39 is 0 Å². The summed E-state index contributed by atoms with van der Waals surface area (Å²) in [6, 6.07) is 0. The average molecular weight is 200 g/mol. The molecule has 0 spiro atoms. The molecule has 0 aromatic rings. The highest BCUT2D eigenvalue weighted by Crippen LogP contribution is 2.25. The highest BCUT2D eigenvalue weighted by atomic mass is 16.7. The second-order valence-corrected chi connectivity index (χ2v) is 3.95. The zero-order chi connectivity index (χ0) is 10.4. The summed E-state index contributed by atoms with van der Waals surface area (Å²) in [6.45, 7) is 5.72. The summed E-state index contributed by atoms with van der Waals surface area (Å²) >= 11 is 0. The van der Waals surface area contributed by atoms with Gasteiger partial charge < -0.3 is 14.3 Å². The fourth-order valence-electron chi connectivity index (χ4n) is 1.81. The zero-order valence-electron chi connectivity index (χ0n) is 9.07. The molecule has 2 atom stereocenters. The van der Waals surface area contributed by atoms with Gasteiger partial charge in [0.15, 0.2) is 6.29 Å². The molecule has 3 heteroatoms. The smallest absolute Gasteiger partial charge is 0.158 e. The largest absolute Gasteiger partial charge is 0.350 e. The van der Waals surface area contributed by atoms with Crippen LogP contribution in [0.5, 0.6) is 0 Å². The standard InChI is InChI=1S/C11H20O3/c1-3-9(2)10(4-5-12)8-11-13-6-7-14-11/h5,9-11H,3-4,6-8H2,1-2H3/t9-,10?/m0/s1. The molecule has 82 valence electrons. The number of ether oxygens (including phenoxy) is 2. The maximum absolute atomic E-state index is 10.5. The van der Waals surface area contributed by atoms with E-state index in [4.69, 9.17) is 9.47 Å². The normalized spacial score (nSPS) is 22.1. The minimum Gasteiger partial charge on any atom is -0.350 e. The van der Waals surface area contributed by atoms with Crippen LogP contribution >= 0.6 is 0 Å². The van der Waals surface area contributed by atoms with E-state index in [-0.39, 0.29) is 6.29 Å². The zero-order valence-corrected chi connectivity index (χ0v) is 9.07. The van der Waals surface area contributed by atoms with Crippen molar-refractivity contribution in [3.63, 3.8) is 0 Å². The Labute approximate surface area is 85.8 Å². The molecule has 0 saturated carbocycles. The number of hydrogen-bond acceptors (Lipinski definition) is 3. The number of aldehydes is 1. The molecule has 3 nitrogen and oxygen atoms in total. The van der Waals surface area contributed by atoms with Crippen LogP contribution in [0.2, 0.25) is 0 Å². The summed E-state index contributed by atoms with van der Waals surface area (Å²) < 4.78 is 10.8. The number of carbonyl (C=O) groups excluding carboxylic acids is 1. The first-order valence-corrected chi connectivity index (χ1v) is 5.44. The average Bonchev–Trinajstić information content (AvgIpc) is 2.68. The molecule has 0 aromatic heterocycles. The minimum atomic E-state index is -0.0750. The molecule has 0 radical (unpaired) electrons. The lowest BCUT2D eigenvalue weighted by atomic mass is 9.86. The van der Waals surface area contributed by atoms with Gasteiger partial charge in [0.1, 0.15) is 6.29 Å². The van der Waals surface area contributed by atoms with E-state index in [2.05, 4.69) is 13.8 Å². The van der Waals surface area contributed by atoms with E-state index in [0.29, 0.717) is 31.5 Å². The third kappa shape index (κ3) is 3.39. The molecule has 1 unspecified atom stereocenters. The lowest BCUT2D eigenvalue weighted by Gasteiger charge is -2.23. The van der Waals surface area contributed by atoms with Crippen molar-refractivity contribution < 1.29 is 14.3 Å². The maximum Gasteiger partial charge on any atom is 0.158 e. The van der Waals surface area contributed by atoms with Gasteiger partial charge in [-0.1, -0.05) is 20.3 Å². The molecule has 1 aliphatic rings. The van der Waals surface area contributed by atoms with Crippen LogP contribution in [0.3, 0.4) is 0 Å². The Kier molecular flexibility index (Phi) is 5.12. The molecule has 14 heavy (non-hydrogen) atoms. The van der Waals surface area contributed by atoms with Crippen molar-refractivity contribution in [3.05, 3.63) is 0 Å². The van der Waals surface area contributed by atoms with Gasteiger partial charge in [0.25, 0.3) is 0 Å².